The lowest BCUT2D eigenvalue weighted by atomic mass is 10.2. The van der Waals surface area contributed by atoms with Crippen LogP contribution in [0.25, 0.3) is 4.85 Å². The van der Waals surface area contributed by atoms with E-state index in [1.54, 1.807) is 13.2 Å². The van der Waals surface area contributed by atoms with Gasteiger partial charge in [0.2, 0.25) is 19.1 Å². The Morgan fingerprint density at radius 2 is 2.36 bits per heavy atom. The van der Waals surface area contributed by atoms with Gasteiger partial charge < -0.3 is 19.1 Å². The third-order valence-corrected chi connectivity index (χ3v) is 1.98. The Balaban J connectivity index is 2.45. The molecule has 0 aromatic heterocycles. The van der Waals surface area contributed by atoms with E-state index >= 15 is 0 Å². The van der Waals surface area contributed by atoms with Crippen LogP contribution in [-0.2, 0) is 6.54 Å². The van der Waals surface area contributed by atoms with E-state index in [2.05, 4.69) is 4.85 Å². The quantitative estimate of drug-likeness (QED) is 0.668. The van der Waals surface area contributed by atoms with Crippen molar-refractivity contribution in [2.45, 2.75) is 6.54 Å². The first-order chi connectivity index (χ1) is 6.85. The van der Waals surface area contributed by atoms with Crippen LogP contribution in [0.1, 0.15) is 5.56 Å². The maximum Gasteiger partial charge on any atom is 0.240 e. The van der Waals surface area contributed by atoms with Gasteiger partial charge >= 0.3 is 0 Å². The Morgan fingerprint density at radius 1 is 1.50 bits per heavy atom. The Morgan fingerprint density at radius 3 is 3.07 bits per heavy atom. The summed E-state index contributed by atoms with van der Waals surface area (Å²) in [6, 6.07) is 3.61. The van der Waals surface area contributed by atoms with Crippen LogP contribution in [0.4, 0.5) is 0 Å². The van der Waals surface area contributed by atoms with E-state index in [1.165, 1.54) is 0 Å². The van der Waals surface area contributed by atoms with Crippen molar-refractivity contribution in [2.75, 3.05) is 13.9 Å². The molecule has 0 atom stereocenters. The molecular weight excluding hydrogens is 182 g/mol. The molecular formula is C10H9NO3. The first-order valence-corrected chi connectivity index (χ1v) is 4.15. The van der Waals surface area contributed by atoms with Crippen molar-refractivity contribution >= 4 is 0 Å². The molecule has 0 fully saturated rings. The lowest BCUT2D eigenvalue weighted by molar-refractivity contribution is 0.171. The number of ether oxygens (including phenoxy) is 3. The third kappa shape index (κ3) is 1.33. The zero-order chi connectivity index (χ0) is 9.97. The molecule has 0 bridgehead atoms. The lowest BCUT2D eigenvalue weighted by Crippen LogP contribution is -1.93. The van der Waals surface area contributed by atoms with Crippen molar-refractivity contribution in [3.05, 3.63) is 29.1 Å². The molecule has 0 amide bonds. The van der Waals surface area contributed by atoms with Gasteiger partial charge in [-0.25, -0.2) is 6.57 Å². The molecule has 1 aliphatic heterocycles. The Hall–Kier alpha value is -1.89. The highest BCUT2D eigenvalue weighted by Crippen LogP contribution is 2.41. The van der Waals surface area contributed by atoms with E-state index in [0.717, 1.165) is 5.56 Å². The van der Waals surface area contributed by atoms with Crippen LogP contribution in [0.2, 0.25) is 0 Å². The summed E-state index contributed by atoms with van der Waals surface area (Å²) >= 11 is 0. The van der Waals surface area contributed by atoms with Crippen LogP contribution in [0.15, 0.2) is 12.1 Å². The summed E-state index contributed by atoms with van der Waals surface area (Å²) in [7, 11) is 1.57. The second-order valence-electron chi connectivity index (χ2n) is 2.85. The molecule has 0 unspecified atom stereocenters. The van der Waals surface area contributed by atoms with Crippen LogP contribution < -0.4 is 14.2 Å². The number of fused-ring (bicyclic) bond motifs is 1. The highest BCUT2D eigenvalue weighted by molar-refractivity contribution is 5.55. The second kappa shape index (κ2) is 3.46. The first-order valence-electron chi connectivity index (χ1n) is 4.15. The fourth-order valence-electron chi connectivity index (χ4n) is 1.37. The number of benzene rings is 1. The average molecular weight is 191 g/mol. The van der Waals surface area contributed by atoms with Crippen LogP contribution in [-0.4, -0.2) is 13.9 Å². The summed E-state index contributed by atoms with van der Waals surface area (Å²) in [5, 5.41) is 0. The van der Waals surface area contributed by atoms with Crippen molar-refractivity contribution in [3.63, 3.8) is 0 Å². The van der Waals surface area contributed by atoms with Crippen LogP contribution in [0.5, 0.6) is 17.2 Å². The largest absolute Gasteiger partial charge is 0.493 e. The Kier molecular flexibility index (Phi) is 2.15. The maximum atomic E-state index is 6.78. The molecule has 0 saturated carbocycles. The predicted octanol–water partition coefficient (Wildman–Crippen LogP) is 1.84. The van der Waals surface area contributed by atoms with E-state index in [-0.39, 0.29) is 6.79 Å². The fourth-order valence-corrected chi connectivity index (χ4v) is 1.37. The van der Waals surface area contributed by atoms with Crippen LogP contribution in [0, 0.1) is 6.57 Å². The van der Waals surface area contributed by atoms with Gasteiger partial charge in [0.1, 0.15) is 0 Å². The van der Waals surface area contributed by atoms with Gasteiger partial charge in [-0.1, -0.05) is 0 Å². The Labute approximate surface area is 81.8 Å². The van der Waals surface area contributed by atoms with Gasteiger partial charge in [0, 0.05) is 5.56 Å². The normalized spacial score (nSPS) is 12.3. The number of hydrogen-bond acceptors (Lipinski definition) is 3. The average Bonchev–Trinajstić information content (AvgIpc) is 2.65. The highest BCUT2D eigenvalue weighted by Gasteiger charge is 2.20. The number of rotatable bonds is 2. The summed E-state index contributed by atoms with van der Waals surface area (Å²) in [6.07, 6.45) is 0. The van der Waals surface area contributed by atoms with Gasteiger partial charge in [0.25, 0.3) is 0 Å². The molecule has 0 spiro atoms. The topological polar surface area (TPSA) is 32.0 Å². The molecule has 2 rings (SSSR count). The fraction of sp³-hybridized carbons (Fsp3) is 0.300. The molecule has 0 saturated heterocycles. The molecule has 1 aliphatic rings. The smallest absolute Gasteiger partial charge is 0.240 e. The minimum Gasteiger partial charge on any atom is -0.493 e. The number of nitrogens with zero attached hydrogens (tertiary/aromatic N) is 1. The van der Waals surface area contributed by atoms with E-state index in [9.17, 15) is 0 Å². The third-order valence-electron chi connectivity index (χ3n) is 1.98. The van der Waals surface area contributed by atoms with Crippen LogP contribution in [0.3, 0.4) is 0 Å². The molecule has 1 aromatic rings. The predicted molar refractivity (Wildman–Crippen MR) is 49.4 cm³/mol. The molecule has 14 heavy (non-hydrogen) atoms. The highest BCUT2D eigenvalue weighted by atomic mass is 16.7. The van der Waals surface area contributed by atoms with Crippen molar-refractivity contribution in [2.24, 2.45) is 0 Å². The van der Waals surface area contributed by atoms with Crippen LogP contribution >= 0.6 is 0 Å². The maximum absolute atomic E-state index is 6.78. The van der Waals surface area contributed by atoms with E-state index in [0.29, 0.717) is 23.8 Å². The molecule has 4 heteroatoms. The molecule has 0 radical (unpaired) electrons. The van der Waals surface area contributed by atoms with Gasteiger partial charge in [0.15, 0.2) is 11.5 Å². The van der Waals surface area contributed by atoms with Gasteiger partial charge in [-0.3, -0.25) is 0 Å². The second-order valence-corrected chi connectivity index (χ2v) is 2.85. The number of hydrogen-bond donors (Lipinski definition) is 0. The van der Waals surface area contributed by atoms with Crippen molar-refractivity contribution < 1.29 is 14.2 Å². The van der Waals surface area contributed by atoms with Gasteiger partial charge in [-0.2, -0.15) is 0 Å². The summed E-state index contributed by atoms with van der Waals surface area (Å²) in [5.74, 6) is 1.91. The molecule has 0 aliphatic carbocycles. The summed E-state index contributed by atoms with van der Waals surface area (Å²) in [5.41, 5.74) is 0.876. The van der Waals surface area contributed by atoms with E-state index in [4.69, 9.17) is 20.8 Å². The van der Waals surface area contributed by atoms with Gasteiger partial charge in [-0.15, -0.1) is 0 Å². The number of methoxy groups -OCH3 is 1. The summed E-state index contributed by atoms with van der Waals surface area (Å²) < 4.78 is 15.6. The molecule has 72 valence electrons. The lowest BCUT2D eigenvalue weighted by Gasteiger charge is -2.04. The van der Waals surface area contributed by atoms with E-state index in [1.807, 2.05) is 6.07 Å². The van der Waals surface area contributed by atoms with Gasteiger partial charge in [-0.05, 0) is 12.1 Å². The monoisotopic (exact) mass is 191 g/mol. The zero-order valence-electron chi connectivity index (χ0n) is 7.74. The minimum absolute atomic E-state index is 0.215. The molecule has 1 aromatic carbocycles. The van der Waals surface area contributed by atoms with Crippen molar-refractivity contribution in [1.82, 2.24) is 0 Å². The van der Waals surface area contributed by atoms with Gasteiger partial charge in [0.05, 0.1) is 7.11 Å². The summed E-state index contributed by atoms with van der Waals surface area (Å²) in [6.45, 7) is 7.32. The standard InChI is InChI=1S/C10H9NO3/c1-11-5-7-3-8(12-2)10-9(4-7)13-6-14-10/h3-4H,5-6H2,2H3. The van der Waals surface area contributed by atoms with Crippen molar-refractivity contribution in [1.29, 1.82) is 0 Å². The molecule has 1 heterocycles. The minimum atomic E-state index is 0.215. The zero-order valence-corrected chi connectivity index (χ0v) is 7.74. The molecule has 0 N–H and O–H groups in total. The SMILES string of the molecule is [C-]#[N+]Cc1cc(OC)c2c(c1)OCO2. The van der Waals surface area contributed by atoms with E-state index < -0.39 is 0 Å². The first kappa shape index (κ1) is 8.70. The molecule has 4 nitrogen and oxygen atoms in total. The summed E-state index contributed by atoms with van der Waals surface area (Å²) in [4.78, 5) is 3.30. The van der Waals surface area contributed by atoms with Crippen molar-refractivity contribution in [3.8, 4) is 17.2 Å². The Bertz CT molecular complexity index is 395.